The van der Waals surface area contributed by atoms with Gasteiger partial charge in [-0.25, -0.2) is 14.6 Å². The number of carbonyl (C=O) groups excluding carboxylic acids is 3. The molecular formula is C45H58N8O6. The Labute approximate surface area is 347 Å². The number of hydrogen-bond acceptors (Lipinski definition) is 8. The Balaban J connectivity index is 1.41. The van der Waals surface area contributed by atoms with Crippen LogP contribution >= 0.6 is 0 Å². The number of pyridine rings is 2. The van der Waals surface area contributed by atoms with Crippen molar-refractivity contribution < 1.29 is 29.4 Å². The second kappa shape index (κ2) is 19.3. The highest BCUT2D eigenvalue weighted by Gasteiger charge is 2.44. The van der Waals surface area contributed by atoms with Crippen LogP contribution in [-0.2, 0) is 29.1 Å². The van der Waals surface area contributed by atoms with E-state index < -0.39 is 53.0 Å². The van der Waals surface area contributed by atoms with Crippen LogP contribution in [0.2, 0.25) is 0 Å². The van der Waals surface area contributed by atoms with Gasteiger partial charge in [0, 0.05) is 43.6 Å². The molecule has 59 heavy (non-hydrogen) atoms. The molecule has 3 heterocycles. The lowest BCUT2D eigenvalue weighted by Crippen LogP contribution is -2.61. The van der Waals surface area contributed by atoms with Crippen molar-refractivity contribution in [3.05, 3.63) is 120 Å². The average Bonchev–Trinajstić information content (AvgIpc) is 3.51. The molecule has 0 unspecified atom stereocenters. The van der Waals surface area contributed by atoms with Gasteiger partial charge < -0.3 is 30.6 Å². The molecule has 314 valence electrons. The molecule has 1 aliphatic rings. The number of hydrazine groups is 1. The summed E-state index contributed by atoms with van der Waals surface area (Å²) < 4.78 is 0. The number of aliphatic hydroxyl groups is 1. The van der Waals surface area contributed by atoms with E-state index in [1.807, 2.05) is 119 Å². The lowest BCUT2D eigenvalue weighted by atomic mass is 9.84. The zero-order valence-electron chi connectivity index (χ0n) is 35.1. The molecule has 4 atom stereocenters. The number of aryl methyl sites for hydroxylation is 1. The summed E-state index contributed by atoms with van der Waals surface area (Å²) in [6.07, 6.45) is -0.626. The number of aromatic nitrogens is 2. The van der Waals surface area contributed by atoms with E-state index >= 15 is 0 Å². The van der Waals surface area contributed by atoms with Gasteiger partial charge in [0.1, 0.15) is 12.1 Å². The number of aliphatic hydroxyl groups excluding tert-OH is 1. The van der Waals surface area contributed by atoms with Crippen LogP contribution in [0.1, 0.15) is 64.1 Å². The molecule has 0 aliphatic carbocycles. The first-order valence-electron chi connectivity index (χ1n) is 19.9. The number of carboxylic acid groups (broad SMARTS) is 1. The monoisotopic (exact) mass is 806 g/mol. The topological polar surface area (TPSA) is 180 Å². The highest BCUT2D eigenvalue weighted by molar-refractivity contribution is 5.89. The van der Waals surface area contributed by atoms with Crippen molar-refractivity contribution in [3.63, 3.8) is 0 Å². The maximum atomic E-state index is 14.5. The Hall–Kier alpha value is -5.86. The second-order valence-corrected chi connectivity index (χ2v) is 17.3. The van der Waals surface area contributed by atoms with Crippen LogP contribution in [0.5, 0.6) is 0 Å². The molecule has 14 heteroatoms. The number of carbonyl (C=O) groups is 4. The van der Waals surface area contributed by atoms with Crippen molar-refractivity contribution in [1.82, 2.24) is 40.8 Å². The Morgan fingerprint density at radius 1 is 0.814 bits per heavy atom. The molecule has 2 aromatic carbocycles. The number of nitrogens with zero attached hydrogens (tertiary/aromatic N) is 5. The molecule has 0 bridgehead atoms. The zero-order chi connectivity index (χ0) is 42.9. The number of hydrogen-bond donors (Lipinski definition) is 5. The van der Waals surface area contributed by atoms with Crippen LogP contribution in [0.25, 0.3) is 11.3 Å². The van der Waals surface area contributed by atoms with Gasteiger partial charge in [0.15, 0.2) is 0 Å². The molecule has 14 nitrogen and oxygen atoms in total. The maximum Gasteiger partial charge on any atom is 0.405 e. The van der Waals surface area contributed by atoms with Crippen LogP contribution in [0.3, 0.4) is 0 Å². The summed E-state index contributed by atoms with van der Waals surface area (Å²) in [6, 6.07) is 25.3. The Morgan fingerprint density at radius 3 is 2.12 bits per heavy atom. The minimum Gasteiger partial charge on any atom is -0.465 e. The molecule has 1 aliphatic heterocycles. The summed E-state index contributed by atoms with van der Waals surface area (Å²) in [5, 5.41) is 28.7. The lowest BCUT2D eigenvalue weighted by Gasteiger charge is -2.38. The number of benzene rings is 2. The fourth-order valence-corrected chi connectivity index (χ4v) is 7.34. The largest absolute Gasteiger partial charge is 0.465 e. The number of nitrogens with one attached hydrogen (secondary N) is 3. The highest BCUT2D eigenvalue weighted by Crippen LogP contribution is 2.29. The minimum atomic E-state index is -1.35. The second-order valence-electron chi connectivity index (χ2n) is 17.3. The molecule has 1 fully saturated rings. The first-order valence-corrected chi connectivity index (χ1v) is 19.9. The predicted molar refractivity (Wildman–Crippen MR) is 225 cm³/mol. The van der Waals surface area contributed by atoms with Crippen LogP contribution in [0, 0.1) is 17.8 Å². The summed E-state index contributed by atoms with van der Waals surface area (Å²) in [5.74, 6) is -1.02. The molecule has 5 rings (SSSR count). The number of rotatable bonds is 16. The Kier molecular flexibility index (Phi) is 14.4. The van der Waals surface area contributed by atoms with Gasteiger partial charge in [0.05, 0.1) is 30.1 Å². The minimum absolute atomic E-state index is 0.139. The van der Waals surface area contributed by atoms with Gasteiger partial charge in [-0.05, 0) is 59.6 Å². The van der Waals surface area contributed by atoms with E-state index in [9.17, 15) is 29.4 Å². The van der Waals surface area contributed by atoms with Gasteiger partial charge in [-0.15, -0.1) is 0 Å². The molecular weight excluding hydrogens is 749 g/mol. The fourth-order valence-electron chi connectivity index (χ4n) is 7.34. The van der Waals surface area contributed by atoms with Crippen molar-refractivity contribution in [2.24, 2.45) is 10.8 Å². The quantitative estimate of drug-likeness (QED) is 0.0926. The Bertz CT molecular complexity index is 2040. The van der Waals surface area contributed by atoms with E-state index in [2.05, 4.69) is 26.0 Å². The Morgan fingerprint density at radius 2 is 1.51 bits per heavy atom. The van der Waals surface area contributed by atoms with E-state index in [-0.39, 0.29) is 25.5 Å². The van der Waals surface area contributed by atoms with E-state index in [0.717, 1.165) is 33.8 Å². The highest BCUT2D eigenvalue weighted by atomic mass is 16.4. The van der Waals surface area contributed by atoms with Crippen molar-refractivity contribution >= 4 is 23.9 Å². The van der Waals surface area contributed by atoms with Gasteiger partial charge in [-0.3, -0.25) is 25.0 Å². The van der Waals surface area contributed by atoms with Crippen molar-refractivity contribution in [2.75, 3.05) is 19.6 Å². The summed E-state index contributed by atoms with van der Waals surface area (Å²) in [5.41, 5.74) is 6.36. The van der Waals surface area contributed by atoms with Gasteiger partial charge in [-0.1, -0.05) is 108 Å². The van der Waals surface area contributed by atoms with Gasteiger partial charge in [0.25, 0.3) is 5.91 Å². The summed E-state index contributed by atoms with van der Waals surface area (Å²) in [7, 11) is 0. The van der Waals surface area contributed by atoms with E-state index in [1.54, 1.807) is 36.8 Å². The molecule has 0 spiro atoms. The maximum absolute atomic E-state index is 14.5. The van der Waals surface area contributed by atoms with Gasteiger partial charge in [-0.2, -0.15) is 0 Å². The molecule has 0 saturated carbocycles. The summed E-state index contributed by atoms with van der Waals surface area (Å²) in [6.45, 7) is 14.0. The van der Waals surface area contributed by atoms with Gasteiger partial charge in [0.2, 0.25) is 5.91 Å². The third-order valence-electron chi connectivity index (χ3n) is 10.3. The molecule has 4 aromatic rings. The first-order chi connectivity index (χ1) is 27.9. The summed E-state index contributed by atoms with van der Waals surface area (Å²) in [4.78, 5) is 66.3. The molecule has 1 saturated heterocycles. The van der Waals surface area contributed by atoms with E-state index in [4.69, 9.17) is 0 Å². The van der Waals surface area contributed by atoms with E-state index in [0.29, 0.717) is 19.6 Å². The molecule has 2 aromatic heterocycles. The molecule has 0 radical (unpaired) electrons. The van der Waals surface area contributed by atoms with E-state index in [1.165, 1.54) is 5.01 Å². The lowest BCUT2D eigenvalue weighted by molar-refractivity contribution is -0.133. The third-order valence-corrected chi connectivity index (χ3v) is 10.3. The SMILES string of the molecule is Cc1cccc(CN2CCN([C@H](C(=O)N[C@@H](Cc3ccccc3)[C@@H](O)CN(Cc3ccc(-c4ccccn4)cc3)NC(=O)[C@@H](NC(=O)O)C(C)(C)C)C(C)(C)C)C2=O)n1. The van der Waals surface area contributed by atoms with Crippen LogP contribution in [0.15, 0.2) is 97.2 Å². The third kappa shape index (κ3) is 12.3. The van der Waals surface area contributed by atoms with Crippen molar-refractivity contribution in [2.45, 2.75) is 92.2 Å². The number of amides is 5. The predicted octanol–water partition coefficient (Wildman–Crippen LogP) is 5.41. The smallest absolute Gasteiger partial charge is 0.405 e. The van der Waals surface area contributed by atoms with Crippen molar-refractivity contribution in [3.8, 4) is 11.3 Å². The standard InChI is InChI=1S/C45H58N8O6/c1-30-14-13-17-34(47-30)28-51-24-25-53(43(51)59)39(45(5,6)7)41(56)48-36(26-31-15-9-8-10-16-31)37(54)29-52(50-40(55)38(44(2,3)4)49-42(57)58)27-32-19-21-33(22-20-32)35-18-11-12-23-46-35/h8-23,36-39,49,54H,24-29H2,1-7H3,(H,48,56)(H,50,55)(H,57,58)/t36-,37-,38+,39+/m0/s1. The normalized spacial score (nSPS) is 15.4. The zero-order valence-corrected chi connectivity index (χ0v) is 35.1. The van der Waals surface area contributed by atoms with Gasteiger partial charge >= 0.3 is 12.1 Å². The molecule has 5 amide bonds. The number of urea groups is 1. The summed E-state index contributed by atoms with van der Waals surface area (Å²) >= 11 is 0. The fraction of sp³-hybridized carbons (Fsp3) is 0.422. The first kappa shape index (κ1) is 44.2. The average molecular weight is 807 g/mol. The van der Waals surface area contributed by atoms with Crippen LogP contribution in [0.4, 0.5) is 9.59 Å². The van der Waals surface area contributed by atoms with Crippen LogP contribution < -0.4 is 16.1 Å². The van der Waals surface area contributed by atoms with Crippen molar-refractivity contribution in [1.29, 1.82) is 0 Å². The molecule has 5 N–H and O–H groups in total. The van der Waals surface area contributed by atoms with Crippen LogP contribution in [-0.4, -0.2) is 103 Å².